The highest BCUT2D eigenvalue weighted by Crippen LogP contribution is 2.52. The lowest BCUT2D eigenvalue weighted by Gasteiger charge is -2.34. The topological polar surface area (TPSA) is 27.7 Å². The zero-order chi connectivity index (χ0) is 11.9. The van der Waals surface area contributed by atoms with Gasteiger partial charge in [-0.1, -0.05) is 13.0 Å². The summed E-state index contributed by atoms with van der Waals surface area (Å²) in [6, 6.07) is 0. The van der Waals surface area contributed by atoms with Crippen LogP contribution in [0.3, 0.4) is 0 Å². The molecule has 0 aromatic rings. The van der Waals surface area contributed by atoms with Crippen molar-refractivity contribution in [3.63, 3.8) is 0 Å². The van der Waals surface area contributed by atoms with E-state index < -0.39 is 5.79 Å². The number of hydrogen-bond donors (Lipinski definition) is 0. The first kappa shape index (κ1) is 11.7. The molecule has 1 spiro atoms. The van der Waals surface area contributed by atoms with E-state index in [9.17, 15) is 0 Å². The van der Waals surface area contributed by atoms with Crippen LogP contribution in [0.25, 0.3) is 0 Å². The zero-order valence-corrected chi connectivity index (χ0v) is 10.8. The molecular formula is C14H22O3. The third kappa shape index (κ3) is 1.76. The molecule has 2 heterocycles. The van der Waals surface area contributed by atoms with Crippen LogP contribution >= 0.6 is 0 Å². The Morgan fingerprint density at radius 2 is 2.41 bits per heavy atom. The summed E-state index contributed by atoms with van der Waals surface area (Å²) in [6.45, 7) is 5.71. The fourth-order valence-electron chi connectivity index (χ4n) is 3.42. The van der Waals surface area contributed by atoms with Crippen LogP contribution in [-0.4, -0.2) is 30.7 Å². The molecule has 2 aliphatic heterocycles. The van der Waals surface area contributed by atoms with Crippen molar-refractivity contribution in [1.82, 2.24) is 0 Å². The SMILES string of the molecule is CCCO[C@]1(C)C[C@@H]2OCC3=CCCC[C@]32O1. The van der Waals surface area contributed by atoms with Crippen LogP contribution in [0.4, 0.5) is 0 Å². The van der Waals surface area contributed by atoms with E-state index in [1.165, 1.54) is 18.4 Å². The van der Waals surface area contributed by atoms with Crippen molar-refractivity contribution in [3.8, 4) is 0 Å². The van der Waals surface area contributed by atoms with E-state index in [1.807, 2.05) is 0 Å². The van der Waals surface area contributed by atoms with Crippen LogP contribution in [-0.2, 0) is 14.2 Å². The Labute approximate surface area is 103 Å². The van der Waals surface area contributed by atoms with Gasteiger partial charge in [0.1, 0.15) is 5.60 Å². The molecule has 96 valence electrons. The van der Waals surface area contributed by atoms with Gasteiger partial charge >= 0.3 is 0 Å². The van der Waals surface area contributed by atoms with Crippen LogP contribution in [0.15, 0.2) is 11.6 Å². The van der Waals surface area contributed by atoms with E-state index in [0.717, 1.165) is 32.5 Å². The Bertz CT molecular complexity index is 338. The molecule has 3 heteroatoms. The highest BCUT2D eigenvalue weighted by molar-refractivity contribution is 5.30. The second-order valence-corrected chi connectivity index (χ2v) is 5.60. The molecule has 0 amide bonds. The summed E-state index contributed by atoms with van der Waals surface area (Å²) >= 11 is 0. The second kappa shape index (κ2) is 4.08. The highest BCUT2D eigenvalue weighted by atomic mass is 16.7. The number of rotatable bonds is 3. The maximum absolute atomic E-state index is 6.35. The van der Waals surface area contributed by atoms with Gasteiger partial charge in [0.15, 0.2) is 5.79 Å². The molecule has 0 N–H and O–H groups in total. The van der Waals surface area contributed by atoms with Gasteiger partial charge in [0.25, 0.3) is 0 Å². The number of allylic oxidation sites excluding steroid dienone is 1. The van der Waals surface area contributed by atoms with Crippen molar-refractivity contribution >= 4 is 0 Å². The van der Waals surface area contributed by atoms with Crippen molar-refractivity contribution in [2.24, 2.45) is 0 Å². The summed E-state index contributed by atoms with van der Waals surface area (Å²) in [7, 11) is 0. The minimum atomic E-state index is -0.447. The lowest BCUT2D eigenvalue weighted by atomic mass is 9.81. The lowest BCUT2D eigenvalue weighted by molar-refractivity contribution is -0.234. The Hall–Kier alpha value is -0.380. The lowest BCUT2D eigenvalue weighted by Crippen LogP contribution is -2.40. The Kier molecular flexibility index (Phi) is 2.80. The van der Waals surface area contributed by atoms with Crippen molar-refractivity contribution in [2.75, 3.05) is 13.2 Å². The van der Waals surface area contributed by atoms with Crippen LogP contribution in [0.2, 0.25) is 0 Å². The molecule has 0 radical (unpaired) electrons. The Balaban J connectivity index is 1.82. The molecule has 3 rings (SSSR count). The summed E-state index contributed by atoms with van der Waals surface area (Å²) in [5.41, 5.74) is 1.21. The Morgan fingerprint density at radius 3 is 3.24 bits per heavy atom. The summed E-state index contributed by atoms with van der Waals surface area (Å²) < 4.78 is 18.2. The molecule has 0 saturated carbocycles. The molecule has 3 nitrogen and oxygen atoms in total. The standard InChI is InChI=1S/C14H22O3/c1-3-8-16-13(2)9-12-14(17-13)7-5-4-6-11(14)10-15-12/h6,12H,3-5,7-10H2,1-2H3/t12-,13-,14-/m0/s1. The summed E-state index contributed by atoms with van der Waals surface area (Å²) in [5, 5.41) is 0. The number of hydrogen-bond acceptors (Lipinski definition) is 3. The minimum absolute atomic E-state index is 0.152. The van der Waals surface area contributed by atoms with Crippen molar-refractivity contribution in [1.29, 1.82) is 0 Å². The Morgan fingerprint density at radius 1 is 1.53 bits per heavy atom. The van der Waals surface area contributed by atoms with Gasteiger partial charge in [0.05, 0.1) is 12.7 Å². The minimum Gasteiger partial charge on any atom is -0.370 e. The first-order valence-electron chi connectivity index (χ1n) is 6.84. The van der Waals surface area contributed by atoms with Gasteiger partial charge in [0, 0.05) is 13.0 Å². The zero-order valence-electron chi connectivity index (χ0n) is 10.8. The molecule has 0 aromatic carbocycles. The monoisotopic (exact) mass is 238 g/mol. The quantitative estimate of drug-likeness (QED) is 0.708. The molecule has 17 heavy (non-hydrogen) atoms. The van der Waals surface area contributed by atoms with E-state index in [2.05, 4.69) is 19.9 Å². The highest BCUT2D eigenvalue weighted by Gasteiger charge is 2.60. The predicted molar refractivity (Wildman–Crippen MR) is 64.8 cm³/mol. The van der Waals surface area contributed by atoms with Crippen LogP contribution in [0.5, 0.6) is 0 Å². The van der Waals surface area contributed by atoms with E-state index in [1.54, 1.807) is 0 Å². The van der Waals surface area contributed by atoms with Crippen molar-refractivity contribution in [3.05, 3.63) is 11.6 Å². The van der Waals surface area contributed by atoms with Gasteiger partial charge in [-0.3, -0.25) is 0 Å². The van der Waals surface area contributed by atoms with E-state index in [4.69, 9.17) is 14.2 Å². The summed E-state index contributed by atoms with van der Waals surface area (Å²) in [4.78, 5) is 0. The van der Waals surface area contributed by atoms with Gasteiger partial charge in [-0.25, -0.2) is 0 Å². The fraction of sp³-hybridized carbons (Fsp3) is 0.857. The normalized spacial score (nSPS) is 44.4. The van der Waals surface area contributed by atoms with Crippen LogP contribution in [0, 0.1) is 0 Å². The van der Waals surface area contributed by atoms with Gasteiger partial charge in [0.2, 0.25) is 0 Å². The molecule has 0 unspecified atom stereocenters. The molecular weight excluding hydrogens is 216 g/mol. The summed E-state index contributed by atoms with van der Waals surface area (Å²) in [5.74, 6) is -0.447. The fourth-order valence-corrected chi connectivity index (χ4v) is 3.42. The molecule has 2 saturated heterocycles. The average molecular weight is 238 g/mol. The first-order valence-corrected chi connectivity index (χ1v) is 6.84. The molecule has 0 bridgehead atoms. The van der Waals surface area contributed by atoms with Crippen LogP contribution in [0.1, 0.15) is 46.0 Å². The van der Waals surface area contributed by atoms with E-state index >= 15 is 0 Å². The smallest absolute Gasteiger partial charge is 0.169 e. The van der Waals surface area contributed by atoms with Crippen molar-refractivity contribution in [2.45, 2.75) is 63.4 Å². The van der Waals surface area contributed by atoms with Crippen LogP contribution < -0.4 is 0 Å². The van der Waals surface area contributed by atoms with Gasteiger partial charge in [-0.2, -0.15) is 0 Å². The van der Waals surface area contributed by atoms with E-state index in [0.29, 0.717) is 0 Å². The van der Waals surface area contributed by atoms with E-state index in [-0.39, 0.29) is 11.7 Å². The van der Waals surface area contributed by atoms with Crippen molar-refractivity contribution < 1.29 is 14.2 Å². The van der Waals surface area contributed by atoms with Gasteiger partial charge in [-0.15, -0.1) is 0 Å². The molecule has 3 atom stereocenters. The maximum Gasteiger partial charge on any atom is 0.169 e. The first-order chi connectivity index (χ1) is 8.19. The third-order valence-electron chi connectivity index (χ3n) is 4.21. The largest absolute Gasteiger partial charge is 0.370 e. The van der Waals surface area contributed by atoms with Gasteiger partial charge < -0.3 is 14.2 Å². The molecule has 2 fully saturated rings. The maximum atomic E-state index is 6.35. The molecule has 0 aromatic heterocycles. The molecule has 3 aliphatic rings. The predicted octanol–water partition coefficient (Wildman–Crippen LogP) is 2.80. The van der Waals surface area contributed by atoms with Gasteiger partial charge in [-0.05, 0) is 38.2 Å². The average Bonchev–Trinajstić information content (AvgIpc) is 2.77. The number of ether oxygens (including phenoxy) is 3. The molecule has 1 aliphatic carbocycles. The second-order valence-electron chi connectivity index (χ2n) is 5.60. The summed E-state index contributed by atoms with van der Waals surface area (Å²) in [6.07, 6.45) is 7.88. The third-order valence-corrected chi connectivity index (χ3v) is 4.21.